The van der Waals surface area contributed by atoms with Crippen molar-refractivity contribution >= 4 is 39.9 Å². The van der Waals surface area contributed by atoms with Crippen LogP contribution in [0.4, 0.5) is 0 Å². The Balaban J connectivity index is 1.84. The minimum atomic E-state index is 0.791. The van der Waals surface area contributed by atoms with Crippen molar-refractivity contribution in [2.45, 2.75) is 0 Å². The maximum Gasteiger partial charge on any atom is 0.206 e. The Morgan fingerprint density at radius 1 is 1.17 bits per heavy atom. The van der Waals surface area contributed by atoms with E-state index in [1.165, 1.54) is 0 Å². The number of nitrogens with zero attached hydrogens (tertiary/aromatic N) is 3. The first-order chi connectivity index (χ1) is 11.3. The van der Waals surface area contributed by atoms with E-state index in [1.807, 2.05) is 58.0 Å². The molecule has 0 fully saturated rings. The number of hydrogen-bond donors (Lipinski definition) is 0. The fraction of sp³-hybridized carbons (Fsp3) is 0.0588. The molecule has 0 spiro atoms. The van der Waals surface area contributed by atoms with Crippen LogP contribution in [0.15, 0.2) is 67.0 Å². The van der Waals surface area contributed by atoms with Crippen LogP contribution in [-0.2, 0) is 0 Å². The molecule has 0 atom stereocenters. The van der Waals surface area contributed by atoms with Gasteiger partial charge in [-0.2, -0.15) is 16.4 Å². The molecule has 4 rings (SSSR count). The van der Waals surface area contributed by atoms with Gasteiger partial charge in [-0.3, -0.25) is 4.99 Å². The molecule has 4 nitrogen and oxygen atoms in total. The molecule has 0 aliphatic heterocycles. The van der Waals surface area contributed by atoms with E-state index in [1.54, 1.807) is 29.7 Å². The van der Waals surface area contributed by atoms with Gasteiger partial charge >= 0.3 is 0 Å². The molecular weight excluding hydrogens is 326 g/mol. The van der Waals surface area contributed by atoms with Gasteiger partial charge in [-0.15, -0.1) is 11.3 Å². The van der Waals surface area contributed by atoms with Crippen molar-refractivity contribution < 1.29 is 4.42 Å². The smallest absolute Gasteiger partial charge is 0.206 e. The summed E-state index contributed by atoms with van der Waals surface area (Å²) in [6.45, 7) is 0. The second-order valence-corrected chi connectivity index (χ2v) is 6.51. The Morgan fingerprint density at radius 3 is 2.87 bits per heavy atom. The van der Waals surface area contributed by atoms with Gasteiger partial charge < -0.3 is 4.42 Å². The highest BCUT2D eigenvalue weighted by Crippen LogP contribution is 2.28. The molecule has 0 N–H and O–H groups in total. The standard InChI is InChI=1S/C17H13N3OS2/c1-18-17-20(19-9-12-6-7-22-10-12)14(11-23-17)16-8-13-4-2-3-5-15(13)21-16/h2-11H,1H3. The normalized spacial score (nSPS) is 12.7. The van der Waals surface area contributed by atoms with Crippen LogP contribution in [0.5, 0.6) is 0 Å². The predicted octanol–water partition coefficient (Wildman–Crippen LogP) is 4.44. The first-order valence-electron chi connectivity index (χ1n) is 7.04. The number of aromatic nitrogens is 1. The molecule has 114 valence electrons. The molecule has 0 bridgehead atoms. The molecule has 0 unspecified atom stereocenters. The molecule has 0 aliphatic rings. The summed E-state index contributed by atoms with van der Waals surface area (Å²) < 4.78 is 7.78. The highest BCUT2D eigenvalue weighted by Gasteiger charge is 2.12. The van der Waals surface area contributed by atoms with E-state index in [0.717, 1.165) is 32.8 Å². The lowest BCUT2D eigenvalue weighted by Crippen LogP contribution is -2.11. The molecule has 0 saturated heterocycles. The van der Waals surface area contributed by atoms with Gasteiger partial charge in [-0.05, 0) is 29.0 Å². The fourth-order valence-corrected chi connectivity index (χ4v) is 3.71. The number of hydrogen-bond acceptors (Lipinski definition) is 5. The molecule has 3 heterocycles. The minimum absolute atomic E-state index is 0.791. The van der Waals surface area contributed by atoms with Crippen molar-refractivity contribution in [3.8, 4) is 11.5 Å². The van der Waals surface area contributed by atoms with Crippen molar-refractivity contribution in [3.63, 3.8) is 0 Å². The van der Waals surface area contributed by atoms with Gasteiger partial charge in [0.15, 0.2) is 5.76 Å². The maximum absolute atomic E-state index is 5.96. The van der Waals surface area contributed by atoms with E-state index < -0.39 is 0 Å². The summed E-state index contributed by atoms with van der Waals surface area (Å²) in [4.78, 5) is 5.13. The molecule has 0 radical (unpaired) electrons. The topological polar surface area (TPSA) is 42.8 Å². The summed E-state index contributed by atoms with van der Waals surface area (Å²) >= 11 is 3.19. The monoisotopic (exact) mass is 339 g/mol. The summed E-state index contributed by atoms with van der Waals surface area (Å²) in [5.41, 5.74) is 2.85. The lowest BCUT2D eigenvalue weighted by Gasteiger charge is -1.99. The number of rotatable bonds is 3. The van der Waals surface area contributed by atoms with Crippen LogP contribution >= 0.6 is 22.7 Å². The molecule has 0 amide bonds. The number of para-hydroxylation sites is 1. The van der Waals surface area contributed by atoms with Gasteiger partial charge in [0.1, 0.15) is 11.3 Å². The third kappa shape index (κ3) is 2.67. The fourth-order valence-electron chi connectivity index (χ4n) is 2.31. The van der Waals surface area contributed by atoms with Crippen LogP contribution in [0.25, 0.3) is 22.4 Å². The molecule has 1 aromatic carbocycles. The van der Waals surface area contributed by atoms with Gasteiger partial charge in [0.25, 0.3) is 0 Å². The second-order valence-electron chi connectivity index (χ2n) is 4.89. The zero-order chi connectivity index (χ0) is 15.6. The molecule has 0 aliphatic carbocycles. The van der Waals surface area contributed by atoms with Crippen LogP contribution in [0.1, 0.15) is 5.56 Å². The molecule has 6 heteroatoms. The number of thiophene rings is 1. The minimum Gasteiger partial charge on any atom is -0.454 e. The summed E-state index contributed by atoms with van der Waals surface area (Å²) in [5.74, 6) is 0.791. The van der Waals surface area contributed by atoms with Gasteiger partial charge in [0, 0.05) is 23.4 Å². The van der Waals surface area contributed by atoms with Crippen LogP contribution in [0.3, 0.4) is 0 Å². The highest BCUT2D eigenvalue weighted by molar-refractivity contribution is 7.08. The first-order valence-corrected chi connectivity index (χ1v) is 8.86. The van der Waals surface area contributed by atoms with Gasteiger partial charge in [0.05, 0.1) is 6.21 Å². The van der Waals surface area contributed by atoms with Crippen molar-refractivity contribution in [1.29, 1.82) is 0 Å². The zero-order valence-corrected chi connectivity index (χ0v) is 14.0. The van der Waals surface area contributed by atoms with Crippen LogP contribution in [-0.4, -0.2) is 17.9 Å². The average Bonchev–Trinajstić information content (AvgIpc) is 3.30. The summed E-state index contributed by atoms with van der Waals surface area (Å²) in [6, 6.07) is 12.1. The largest absolute Gasteiger partial charge is 0.454 e. The number of fused-ring (bicyclic) bond motifs is 1. The van der Waals surface area contributed by atoms with Crippen LogP contribution < -0.4 is 4.80 Å². The number of thiazole rings is 1. The Hall–Kier alpha value is -2.44. The Bertz CT molecular complexity index is 1000. The molecule has 23 heavy (non-hydrogen) atoms. The van der Waals surface area contributed by atoms with Gasteiger partial charge in [0.2, 0.25) is 4.80 Å². The van der Waals surface area contributed by atoms with E-state index in [0.29, 0.717) is 0 Å². The maximum atomic E-state index is 5.96. The zero-order valence-electron chi connectivity index (χ0n) is 12.3. The SMILES string of the molecule is CN=c1scc(-c2cc3ccccc3o2)n1N=Cc1ccsc1. The second kappa shape index (κ2) is 5.98. The van der Waals surface area contributed by atoms with E-state index in [4.69, 9.17) is 4.42 Å². The van der Waals surface area contributed by atoms with Crippen molar-refractivity contribution in [2.24, 2.45) is 10.1 Å². The summed E-state index contributed by atoms with van der Waals surface area (Å²) in [7, 11) is 1.77. The van der Waals surface area contributed by atoms with E-state index >= 15 is 0 Å². The molecule has 3 aromatic heterocycles. The lowest BCUT2D eigenvalue weighted by atomic mass is 10.2. The van der Waals surface area contributed by atoms with Crippen molar-refractivity contribution in [3.05, 3.63) is 62.9 Å². The average molecular weight is 339 g/mol. The predicted molar refractivity (Wildman–Crippen MR) is 96.3 cm³/mol. The molecular formula is C17H13N3OS2. The van der Waals surface area contributed by atoms with E-state index in [-0.39, 0.29) is 0 Å². The van der Waals surface area contributed by atoms with Crippen LogP contribution in [0, 0.1) is 0 Å². The van der Waals surface area contributed by atoms with Gasteiger partial charge in [-0.25, -0.2) is 4.68 Å². The summed E-state index contributed by atoms with van der Waals surface area (Å²) in [5, 5.41) is 11.8. The van der Waals surface area contributed by atoms with E-state index in [9.17, 15) is 0 Å². The molecule has 0 saturated carbocycles. The van der Waals surface area contributed by atoms with E-state index in [2.05, 4.69) is 15.5 Å². The third-order valence-electron chi connectivity index (χ3n) is 3.42. The molecule has 4 aromatic rings. The van der Waals surface area contributed by atoms with Gasteiger partial charge in [-0.1, -0.05) is 18.2 Å². The first kappa shape index (κ1) is 14.2. The number of furan rings is 1. The van der Waals surface area contributed by atoms with Crippen molar-refractivity contribution in [2.75, 3.05) is 7.05 Å². The Morgan fingerprint density at radius 2 is 2.09 bits per heavy atom. The Labute approximate surface area is 140 Å². The van der Waals surface area contributed by atoms with Crippen LogP contribution in [0.2, 0.25) is 0 Å². The highest BCUT2D eigenvalue weighted by atomic mass is 32.1. The van der Waals surface area contributed by atoms with Crippen molar-refractivity contribution in [1.82, 2.24) is 4.68 Å². The Kier molecular flexibility index (Phi) is 3.69. The quantitative estimate of drug-likeness (QED) is 0.509. The number of benzene rings is 1. The lowest BCUT2D eigenvalue weighted by molar-refractivity contribution is 0.622. The summed E-state index contributed by atoms with van der Waals surface area (Å²) in [6.07, 6.45) is 1.84. The third-order valence-corrected chi connectivity index (χ3v) is 5.03.